The van der Waals surface area contributed by atoms with Gasteiger partial charge >= 0.3 is 0 Å². The van der Waals surface area contributed by atoms with Crippen LogP contribution in [0.5, 0.6) is 0 Å². The molecule has 1 aliphatic rings. The highest BCUT2D eigenvalue weighted by atomic mass is 28.2. The second-order valence-corrected chi connectivity index (χ2v) is 6.77. The molecule has 0 aromatic heterocycles. The number of hydrogen-bond donors (Lipinski definition) is 0. The summed E-state index contributed by atoms with van der Waals surface area (Å²) in [6, 6.07) is 0. The van der Waals surface area contributed by atoms with Crippen LogP contribution >= 0.6 is 0 Å². The summed E-state index contributed by atoms with van der Waals surface area (Å²) in [7, 11) is 0.0845. The molecule has 0 amide bonds. The topological polar surface area (TPSA) is 0 Å². The summed E-state index contributed by atoms with van der Waals surface area (Å²) in [5.41, 5.74) is 1.12. The van der Waals surface area contributed by atoms with Crippen LogP contribution in [0, 0.1) is 0 Å². The van der Waals surface area contributed by atoms with E-state index in [1.807, 2.05) is 0 Å². The zero-order chi connectivity index (χ0) is 8.81. The van der Waals surface area contributed by atoms with Crippen molar-refractivity contribution in [1.29, 1.82) is 0 Å². The molecule has 70 valence electrons. The Morgan fingerprint density at radius 1 is 1.33 bits per heavy atom. The Bertz CT molecular complexity index is 134. The molecule has 0 bridgehead atoms. The molecule has 0 radical (unpaired) electrons. The van der Waals surface area contributed by atoms with Crippen LogP contribution < -0.4 is 0 Å². The van der Waals surface area contributed by atoms with E-state index in [1.54, 1.807) is 5.20 Å². The van der Waals surface area contributed by atoms with Crippen LogP contribution in [0.1, 0.15) is 51.9 Å². The molecule has 0 aliphatic heterocycles. The molecule has 12 heavy (non-hydrogen) atoms. The molecule has 0 nitrogen and oxygen atoms in total. The number of allylic oxidation sites excluding steroid dienone is 1. The minimum absolute atomic E-state index is 0.0845. The Morgan fingerprint density at radius 2 is 2.00 bits per heavy atom. The highest BCUT2D eigenvalue weighted by molar-refractivity contribution is 6.46. The average Bonchev–Trinajstić information content (AvgIpc) is 2.06. The highest BCUT2D eigenvalue weighted by Gasteiger charge is 2.14. The van der Waals surface area contributed by atoms with E-state index in [9.17, 15) is 0 Å². The molecule has 0 unspecified atom stereocenters. The van der Waals surface area contributed by atoms with Gasteiger partial charge in [-0.2, -0.15) is 0 Å². The van der Waals surface area contributed by atoms with Gasteiger partial charge in [0.05, 0.1) is 9.52 Å². The van der Waals surface area contributed by atoms with Gasteiger partial charge in [-0.15, -0.1) is 6.58 Å². The predicted molar refractivity (Wildman–Crippen MR) is 59.4 cm³/mol. The Labute approximate surface area is 79.3 Å². The van der Waals surface area contributed by atoms with E-state index >= 15 is 0 Å². The van der Waals surface area contributed by atoms with Crippen molar-refractivity contribution in [2.75, 3.05) is 0 Å². The van der Waals surface area contributed by atoms with Crippen LogP contribution in [-0.2, 0) is 0 Å². The van der Waals surface area contributed by atoms with E-state index < -0.39 is 0 Å². The summed E-state index contributed by atoms with van der Waals surface area (Å²) in [4.78, 5) is 0. The summed E-state index contributed by atoms with van der Waals surface area (Å²) < 4.78 is 0. The highest BCUT2D eigenvalue weighted by Crippen LogP contribution is 2.29. The van der Waals surface area contributed by atoms with E-state index in [1.165, 1.54) is 44.9 Å². The SMILES string of the molecule is C=C(CCC)[SiH2]C1CCCCC1. The zero-order valence-corrected chi connectivity index (χ0v) is 9.86. The zero-order valence-electron chi connectivity index (χ0n) is 8.44. The molecule has 0 heterocycles. The molecule has 0 saturated heterocycles. The van der Waals surface area contributed by atoms with Crippen molar-refractivity contribution in [3.63, 3.8) is 0 Å². The fraction of sp³-hybridized carbons (Fsp3) is 0.818. The molecule has 0 atom stereocenters. The lowest BCUT2D eigenvalue weighted by Gasteiger charge is -2.21. The normalized spacial score (nSPS) is 20.4. The minimum atomic E-state index is 0.0845. The lowest BCUT2D eigenvalue weighted by atomic mass is 10.0. The molecule has 0 spiro atoms. The summed E-state index contributed by atoms with van der Waals surface area (Å²) in [5, 5.41) is 1.63. The van der Waals surface area contributed by atoms with Crippen LogP contribution in [0.25, 0.3) is 0 Å². The first kappa shape index (κ1) is 10.0. The van der Waals surface area contributed by atoms with Crippen LogP contribution in [0.15, 0.2) is 11.8 Å². The van der Waals surface area contributed by atoms with Gasteiger partial charge in [0.2, 0.25) is 0 Å². The van der Waals surface area contributed by atoms with Crippen molar-refractivity contribution >= 4 is 9.52 Å². The van der Waals surface area contributed by atoms with Crippen molar-refractivity contribution in [2.24, 2.45) is 0 Å². The smallest absolute Gasteiger partial charge is 0.0518 e. The third kappa shape index (κ3) is 3.57. The fourth-order valence-corrected chi connectivity index (χ4v) is 4.61. The van der Waals surface area contributed by atoms with E-state index in [4.69, 9.17) is 0 Å². The van der Waals surface area contributed by atoms with Crippen molar-refractivity contribution in [3.8, 4) is 0 Å². The molecular weight excluding hydrogens is 160 g/mol. The third-order valence-electron chi connectivity index (χ3n) is 2.91. The lowest BCUT2D eigenvalue weighted by molar-refractivity contribution is 0.501. The Balaban J connectivity index is 2.15. The maximum absolute atomic E-state index is 4.20. The van der Waals surface area contributed by atoms with Crippen LogP contribution in [0.4, 0.5) is 0 Å². The van der Waals surface area contributed by atoms with E-state index in [0.29, 0.717) is 0 Å². The standard InChI is InChI=1S/C11H22Si/c1-3-7-10(2)12-11-8-5-4-6-9-11/h11H,2-9,12H2,1H3. The monoisotopic (exact) mass is 182 g/mol. The Kier molecular flexibility index (Phi) is 4.67. The molecule has 1 fully saturated rings. The van der Waals surface area contributed by atoms with Crippen molar-refractivity contribution in [3.05, 3.63) is 11.8 Å². The van der Waals surface area contributed by atoms with Gasteiger partial charge in [0, 0.05) is 0 Å². The second kappa shape index (κ2) is 5.58. The van der Waals surface area contributed by atoms with Crippen molar-refractivity contribution in [1.82, 2.24) is 0 Å². The van der Waals surface area contributed by atoms with Gasteiger partial charge in [-0.05, 0) is 12.0 Å². The molecule has 0 aromatic carbocycles. The summed E-state index contributed by atoms with van der Waals surface area (Å²) in [5.74, 6) is 0. The van der Waals surface area contributed by atoms with Gasteiger partial charge in [-0.1, -0.05) is 50.6 Å². The fourth-order valence-electron chi connectivity index (χ4n) is 2.26. The van der Waals surface area contributed by atoms with Gasteiger partial charge in [0.1, 0.15) is 0 Å². The van der Waals surface area contributed by atoms with Gasteiger partial charge in [-0.25, -0.2) is 0 Å². The number of hydrogen-bond acceptors (Lipinski definition) is 0. The molecule has 1 aliphatic carbocycles. The van der Waals surface area contributed by atoms with Gasteiger partial charge in [0.25, 0.3) is 0 Å². The Morgan fingerprint density at radius 3 is 2.58 bits per heavy atom. The summed E-state index contributed by atoms with van der Waals surface area (Å²) >= 11 is 0. The summed E-state index contributed by atoms with van der Waals surface area (Å²) in [6.07, 6.45) is 10.1. The predicted octanol–water partition coefficient (Wildman–Crippen LogP) is 3.22. The van der Waals surface area contributed by atoms with E-state index in [2.05, 4.69) is 13.5 Å². The van der Waals surface area contributed by atoms with Gasteiger partial charge < -0.3 is 0 Å². The molecule has 0 N–H and O–H groups in total. The molecule has 1 saturated carbocycles. The molecule has 1 heteroatoms. The Hall–Kier alpha value is -0.0431. The van der Waals surface area contributed by atoms with Gasteiger partial charge in [-0.3, -0.25) is 0 Å². The quantitative estimate of drug-likeness (QED) is 0.586. The van der Waals surface area contributed by atoms with Crippen LogP contribution in [-0.4, -0.2) is 9.52 Å². The maximum atomic E-state index is 4.20. The second-order valence-electron chi connectivity index (χ2n) is 4.21. The van der Waals surface area contributed by atoms with Crippen LogP contribution in [0.2, 0.25) is 5.54 Å². The largest absolute Gasteiger partial charge is 0.104 e. The van der Waals surface area contributed by atoms with Gasteiger partial charge in [0.15, 0.2) is 0 Å². The maximum Gasteiger partial charge on any atom is 0.0518 e. The molecule has 0 aromatic rings. The first-order valence-corrected chi connectivity index (χ1v) is 7.02. The minimum Gasteiger partial charge on any atom is -0.104 e. The molecular formula is C11H22Si. The van der Waals surface area contributed by atoms with Crippen molar-refractivity contribution < 1.29 is 0 Å². The van der Waals surface area contributed by atoms with Crippen LogP contribution in [0.3, 0.4) is 0 Å². The van der Waals surface area contributed by atoms with E-state index in [0.717, 1.165) is 5.54 Å². The first-order valence-electron chi connectivity index (χ1n) is 5.49. The lowest BCUT2D eigenvalue weighted by Crippen LogP contribution is -2.10. The first-order chi connectivity index (χ1) is 5.83. The molecule has 1 rings (SSSR count). The third-order valence-corrected chi connectivity index (χ3v) is 5.23. The number of rotatable bonds is 4. The van der Waals surface area contributed by atoms with E-state index in [-0.39, 0.29) is 9.52 Å². The van der Waals surface area contributed by atoms with Crippen molar-refractivity contribution in [2.45, 2.75) is 57.4 Å². The summed E-state index contributed by atoms with van der Waals surface area (Å²) in [6.45, 7) is 6.46. The average molecular weight is 182 g/mol.